The van der Waals surface area contributed by atoms with Gasteiger partial charge in [-0.05, 0) is 24.5 Å². The third-order valence-electron chi connectivity index (χ3n) is 4.37. The molecule has 28 heavy (non-hydrogen) atoms. The van der Waals surface area contributed by atoms with Crippen molar-refractivity contribution in [2.75, 3.05) is 0 Å². The molecule has 6 heteroatoms. The number of unbranched alkanes of at least 4 members (excludes halogenated alkanes) is 8. The maximum absolute atomic E-state index is 11.2. The number of carbonyl (C=O) groups is 2. The van der Waals surface area contributed by atoms with E-state index in [4.69, 9.17) is 0 Å². The van der Waals surface area contributed by atoms with E-state index < -0.39 is 24.0 Å². The first-order valence-electron chi connectivity index (χ1n) is 10.1. The standard InChI is InChI=1S/C22H32N2O4/c1-3-4-5-6-7-8-9-10-11-12-14-18-15-13-16-19(24-18)21(26)20(22(27)28)23-17(2)25/h13,15-16,20-21,26H,3-11H2,1-2H3,(H,23,25)(H,27,28)/p-1. The number of hydrogen-bond donors (Lipinski definition) is 2. The number of carboxylic acid groups (broad SMARTS) is 1. The van der Waals surface area contributed by atoms with Gasteiger partial charge in [-0.2, -0.15) is 0 Å². The van der Waals surface area contributed by atoms with Crippen molar-refractivity contribution in [1.29, 1.82) is 0 Å². The summed E-state index contributed by atoms with van der Waals surface area (Å²) in [6.07, 6.45) is 9.20. The fourth-order valence-corrected chi connectivity index (χ4v) is 2.84. The van der Waals surface area contributed by atoms with Crippen LogP contribution in [0.5, 0.6) is 0 Å². The van der Waals surface area contributed by atoms with Gasteiger partial charge in [0.15, 0.2) is 0 Å². The lowest BCUT2D eigenvalue weighted by molar-refractivity contribution is -0.310. The summed E-state index contributed by atoms with van der Waals surface area (Å²) < 4.78 is 0. The van der Waals surface area contributed by atoms with Crippen molar-refractivity contribution < 1.29 is 19.8 Å². The van der Waals surface area contributed by atoms with Crippen LogP contribution in [-0.4, -0.2) is 28.0 Å². The van der Waals surface area contributed by atoms with Crippen molar-refractivity contribution >= 4 is 11.9 Å². The number of rotatable bonds is 12. The molecule has 0 aliphatic carbocycles. The molecule has 1 aromatic heterocycles. The molecule has 2 atom stereocenters. The number of amides is 1. The molecule has 1 rings (SSSR count). The molecule has 0 aliphatic heterocycles. The minimum absolute atomic E-state index is 0.127. The van der Waals surface area contributed by atoms with Crippen LogP contribution in [0, 0.1) is 11.8 Å². The van der Waals surface area contributed by atoms with Crippen LogP contribution in [0.15, 0.2) is 18.2 Å². The van der Waals surface area contributed by atoms with E-state index in [1.54, 1.807) is 12.1 Å². The molecule has 1 aromatic rings. The maximum atomic E-state index is 11.2. The van der Waals surface area contributed by atoms with E-state index in [0.29, 0.717) is 5.69 Å². The summed E-state index contributed by atoms with van der Waals surface area (Å²) in [6.45, 7) is 3.39. The highest BCUT2D eigenvalue weighted by Gasteiger charge is 2.24. The second-order valence-electron chi connectivity index (χ2n) is 6.92. The molecule has 0 fully saturated rings. The quantitative estimate of drug-likeness (QED) is 0.423. The largest absolute Gasteiger partial charge is 0.548 e. The third-order valence-corrected chi connectivity index (χ3v) is 4.37. The van der Waals surface area contributed by atoms with Gasteiger partial charge in [0, 0.05) is 13.3 Å². The summed E-state index contributed by atoms with van der Waals surface area (Å²) in [5.41, 5.74) is 0.581. The number of carbonyl (C=O) groups excluding carboxylic acids is 2. The van der Waals surface area contributed by atoms with E-state index in [2.05, 4.69) is 29.1 Å². The van der Waals surface area contributed by atoms with Crippen LogP contribution < -0.4 is 10.4 Å². The molecular formula is C22H31N2O4-. The number of nitrogens with one attached hydrogen (secondary N) is 1. The number of hydrogen-bond acceptors (Lipinski definition) is 5. The zero-order chi connectivity index (χ0) is 20.8. The van der Waals surface area contributed by atoms with Crippen molar-refractivity contribution in [2.45, 2.75) is 83.8 Å². The van der Waals surface area contributed by atoms with Gasteiger partial charge in [-0.25, -0.2) is 4.98 Å². The molecule has 0 saturated carbocycles. The highest BCUT2D eigenvalue weighted by atomic mass is 16.4. The van der Waals surface area contributed by atoms with E-state index >= 15 is 0 Å². The summed E-state index contributed by atoms with van der Waals surface area (Å²) >= 11 is 0. The third kappa shape index (κ3) is 9.52. The lowest BCUT2D eigenvalue weighted by atomic mass is 10.1. The van der Waals surface area contributed by atoms with Gasteiger partial charge in [-0.15, -0.1) is 0 Å². The van der Waals surface area contributed by atoms with Crippen LogP contribution in [0.3, 0.4) is 0 Å². The normalized spacial score (nSPS) is 12.5. The van der Waals surface area contributed by atoms with E-state index in [9.17, 15) is 19.8 Å². The Hall–Kier alpha value is -2.39. The Morgan fingerprint density at radius 2 is 1.79 bits per heavy atom. The SMILES string of the molecule is CCCCCCCCCCC#Cc1cccc(C(O)C(NC(C)=O)C(=O)[O-])n1. The minimum Gasteiger partial charge on any atom is -0.548 e. The van der Waals surface area contributed by atoms with Gasteiger partial charge in [-0.1, -0.05) is 63.9 Å². The zero-order valence-electron chi connectivity index (χ0n) is 16.9. The first-order valence-corrected chi connectivity index (χ1v) is 10.1. The van der Waals surface area contributed by atoms with Crippen molar-refractivity contribution in [2.24, 2.45) is 0 Å². The molecule has 0 radical (unpaired) electrons. The fourth-order valence-electron chi connectivity index (χ4n) is 2.84. The van der Waals surface area contributed by atoms with Crippen LogP contribution in [0.4, 0.5) is 0 Å². The van der Waals surface area contributed by atoms with E-state index in [-0.39, 0.29) is 5.69 Å². The number of aliphatic carboxylic acids is 1. The number of aromatic nitrogens is 1. The number of aliphatic hydroxyl groups excluding tert-OH is 1. The number of nitrogens with zero attached hydrogens (tertiary/aromatic N) is 1. The Morgan fingerprint density at radius 3 is 2.39 bits per heavy atom. The lowest BCUT2D eigenvalue weighted by Crippen LogP contribution is -2.50. The molecule has 0 aliphatic rings. The summed E-state index contributed by atoms with van der Waals surface area (Å²) in [4.78, 5) is 26.5. The van der Waals surface area contributed by atoms with Crippen LogP contribution in [0.2, 0.25) is 0 Å². The van der Waals surface area contributed by atoms with Crippen LogP contribution in [0.25, 0.3) is 0 Å². The Bertz CT molecular complexity index is 679. The highest BCUT2D eigenvalue weighted by Crippen LogP contribution is 2.15. The van der Waals surface area contributed by atoms with Crippen LogP contribution >= 0.6 is 0 Å². The molecule has 0 aromatic carbocycles. The minimum atomic E-state index is -1.57. The molecule has 0 spiro atoms. The summed E-state index contributed by atoms with van der Waals surface area (Å²) in [7, 11) is 0. The average molecular weight is 388 g/mol. The number of pyridine rings is 1. The number of aliphatic hydroxyl groups is 1. The van der Waals surface area contributed by atoms with E-state index in [0.717, 1.165) is 19.3 Å². The number of carboxylic acids is 1. The molecular weight excluding hydrogens is 356 g/mol. The smallest absolute Gasteiger partial charge is 0.217 e. The summed E-state index contributed by atoms with van der Waals surface area (Å²) in [6, 6.07) is 3.27. The Kier molecular flexibility index (Phi) is 11.6. The molecule has 2 N–H and O–H groups in total. The van der Waals surface area contributed by atoms with Crippen molar-refractivity contribution in [1.82, 2.24) is 10.3 Å². The molecule has 6 nitrogen and oxygen atoms in total. The Balaban J connectivity index is 2.50. The van der Waals surface area contributed by atoms with E-state index in [1.165, 1.54) is 51.5 Å². The first-order chi connectivity index (χ1) is 13.5. The topological polar surface area (TPSA) is 102 Å². The Labute approximate surface area is 167 Å². The summed E-state index contributed by atoms with van der Waals surface area (Å²) in [5, 5.41) is 23.5. The molecule has 154 valence electrons. The van der Waals surface area contributed by atoms with Gasteiger partial charge >= 0.3 is 0 Å². The predicted octanol–water partition coefficient (Wildman–Crippen LogP) is 2.25. The maximum Gasteiger partial charge on any atom is 0.217 e. The predicted molar refractivity (Wildman–Crippen MR) is 106 cm³/mol. The zero-order valence-corrected chi connectivity index (χ0v) is 16.9. The van der Waals surface area contributed by atoms with E-state index in [1.807, 2.05) is 0 Å². The molecule has 0 saturated heterocycles. The van der Waals surface area contributed by atoms with Gasteiger partial charge in [0.25, 0.3) is 0 Å². The molecule has 2 unspecified atom stereocenters. The van der Waals surface area contributed by atoms with Gasteiger partial charge < -0.3 is 20.3 Å². The average Bonchev–Trinajstić information content (AvgIpc) is 2.67. The second kappa shape index (κ2) is 13.7. The van der Waals surface area contributed by atoms with Gasteiger partial charge in [0.2, 0.25) is 5.91 Å². The van der Waals surface area contributed by atoms with Crippen molar-refractivity contribution in [3.8, 4) is 11.8 Å². The first kappa shape index (κ1) is 23.6. The monoisotopic (exact) mass is 387 g/mol. The van der Waals surface area contributed by atoms with Gasteiger partial charge in [0.05, 0.1) is 11.7 Å². The fraction of sp³-hybridized carbons (Fsp3) is 0.591. The lowest BCUT2D eigenvalue weighted by Gasteiger charge is -2.24. The molecule has 0 bridgehead atoms. The van der Waals surface area contributed by atoms with Crippen LogP contribution in [0.1, 0.15) is 89.1 Å². The summed E-state index contributed by atoms with van der Waals surface area (Å²) in [5.74, 6) is 3.87. The Morgan fingerprint density at radius 1 is 1.14 bits per heavy atom. The molecule has 1 heterocycles. The molecule has 1 amide bonds. The highest BCUT2D eigenvalue weighted by molar-refractivity contribution is 5.81. The van der Waals surface area contributed by atoms with Gasteiger partial charge in [-0.3, -0.25) is 4.79 Å². The van der Waals surface area contributed by atoms with Crippen LogP contribution in [-0.2, 0) is 9.59 Å². The second-order valence-corrected chi connectivity index (χ2v) is 6.92. The van der Waals surface area contributed by atoms with Crippen molar-refractivity contribution in [3.63, 3.8) is 0 Å². The van der Waals surface area contributed by atoms with Crippen molar-refractivity contribution in [3.05, 3.63) is 29.6 Å². The van der Waals surface area contributed by atoms with Gasteiger partial charge in [0.1, 0.15) is 17.8 Å².